The lowest BCUT2D eigenvalue weighted by Gasteiger charge is -2.32. The van der Waals surface area contributed by atoms with Crippen molar-refractivity contribution >= 4 is 51.3 Å². The van der Waals surface area contributed by atoms with Crippen LogP contribution in [-0.4, -0.2) is 24.7 Å². The van der Waals surface area contributed by atoms with Crippen molar-refractivity contribution in [1.29, 1.82) is 0 Å². The summed E-state index contributed by atoms with van der Waals surface area (Å²) in [6.07, 6.45) is 0.250. The first-order chi connectivity index (χ1) is 15.1. The van der Waals surface area contributed by atoms with E-state index in [2.05, 4.69) is 102 Å². The average molecular weight is 427 g/mol. The van der Waals surface area contributed by atoms with Gasteiger partial charge in [-0.2, -0.15) is 0 Å². The van der Waals surface area contributed by atoms with Gasteiger partial charge in [-0.3, -0.25) is 4.79 Å². The molecule has 4 aromatic carbocycles. The number of hydrogen-bond acceptors (Lipinski definition) is 3. The van der Waals surface area contributed by atoms with Gasteiger partial charge in [0.15, 0.2) is 0 Å². The molecule has 5 heteroatoms. The van der Waals surface area contributed by atoms with Crippen molar-refractivity contribution in [1.82, 2.24) is 0 Å². The number of carbonyl (C=O) groups is 1. The van der Waals surface area contributed by atoms with Gasteiger partial charge in [0.05, 0.1) is 11.2 Å². The summed E-state index contributed by atoms with van der Waals surface area (Å²) in [5.74, 6) is 0. The molecule has 1 heterocycles. The lowest BCUT2D eigenvalue weighted by atomic mass is 9.74. The number of primary amides is 1. The molecule has 0 atom stereocenters. The van der Waals surface area contributed by atoms with Crippen molar-refractivity contribution < 1.29 is 14.1 Å². The van der Waals surface area contributed by atoms with Gasteiger partial charge in [-0.25, -0.2) is 0 Å². The third kappa shape index (κ3) is 3.66. The number of hydrogen-bond donors (Lipinski definition) is 1. The van der Waals surface area contributed by atoms with E-state index in [9.17, 15) is 0 Å². The van der Waals surface area contributed by atoms with Crippen molar-refractivity contribution in [2.45, 2.75) is 52.7 Å². The second-order valence-electron chi connectivity index (χ2n) is 9.58. The Morgan fingerprint density at radius 1 is 0.781 bits per heavy atom. The van der Waals surface area contributed by atoms with Gasteiger partial charge in [0.1, 0.15) is 0 Å². The molecule has 1 aliphatic heterocycles. The Labute approximate surface area is 189 Å². The van der Waals surface area contributed by atoms with E-state index in [-0.39, 0.29) is 24.7 Å². The van der Waals surface area contributed by atoms with E-state index in [0.29, 0.717) is 0 Å². The van der Waals surface area contributed by atoms with E-state index in [1.807, 2.05) is 0 Å². The van der Waals surface area contributed by atoms with Crippen LogP contribution in [0.3, 0.4) is 0 Å². The summed E-state index contributed by atoms with van der Waals surface area (Å²) in [7, 11) is -0.361. The third-order valence-electron chi connectivity index (χ3n) is 7.03. The average Bonchev–Trinajstić information content (AvgIpc) is 2.95. The zero-order valence-corrected chi connectivity index (χ0v) is 19.7. The molecule has 0 spiro atoms. The van der Waals surface area contributed by atoms with Crippen LogP contribution in [0.4, 0.5) is 0 Å². The summed E-state index contributed by atoms with van der Waals surface area (Å²) in [5, 5.41) is 7.55. The molecular weight excluding hydrogens is 397 g/mol. The lowest BCUT2D eigenvalue weighted by Crippen LogP contribution is -2.41. The van der Waals surface area contributed by atoms with Crippen LogP contribution < -0.4 is 11.2 Å². The number of benzene rings is 4. The minimum atomic E-state index is -0.361. The second-order valence-corrected chi connectivity index (χ2v) is 9.58. The van der Waals surface area contributed by atoms with Crippen LogP contribution in [0.25, 0.3) is 32.3 Å². The van der Waals surface area contributed by atoms with E-state index < -0.39 is 0 Å². The molecular formula is C27H30BNO3. The first-order valence-corrected chi connectivity index (χ1v) is 11.0. The molecule has 0 aliphatic carbocycles. The van der Waals surface area contributed by atoms with Crippen LogP contribution in [0, 0.1) is 13.8 Å². The highest BCUT2D eigenvalue weighted by atomic mass is 16.7. The Bertz CT molecular complexity index is 1330. The van der Waals surface area contributed by atoms with Crippen molar-refractivity contribution in [3.8, 4) is 0 Å². The zero-order chi connectivity index (χ0) is 23.3. The molecule has 0 bridgehead atoms. The number of carbonyl (C=O) groups excluding carboxylic acids is 1. The molecule has 0 aromatic heterocycles. The van der Waals surface area contributed by atoms with Crippen molar-refractivity contribution in [2.75, 3.05) is 0 Å². The molecule has 1 fully saturated rings. The van der Waals surface area contributed by atoms with Gasteiger partial charge < -0.3 is 15.0 Å². The topological polar surface area (TPSA) is 61.6 Å². The first-order valence-electron chi connectivity index (χ1n) is 11.0. The van der Waals surface area contributed by atoms with E-state index in [0.717, 1.165) is 5.46 Å². The standard InChI is InChI=1S/C26H27BO2.CH3NO/c1-16-11-24(27-28-25(3,4)26(5,6)29-27)23-15-21-13-19-10-8-7-9-18(19)12-20(21)14-22(23)17(16)2;2-1-3/h7-15H,1-6H3;1H,(H2,2,3). The van der Waals surface area contributed by atoms with Crippen molar-refractivity contribution in [2.24, 2.45) is 5.73 Å². The SMILES string of the molecule is Cc1cc(B2OC(C)(C)C(C)(C)O2)c2cc3cc4ccccc4cc3cc2c1C.NC=O. The van der Waals surface area contributed by atoms with Crippen LogP contribution in [0.5, 0.6) is 0 Å². The highest BCUT2D eigenvalue weighted by molar-refractivity contribution is 6.65. The Balaban J connectivity index is 0.000000775. The quantitative estimate of drug-likeness (QED) is 0.259. The third-order valence-corrected chi connectivity index (χ3v) is 7.03. The molecule has 1 amide bonds. The number of rotatable bonds is 1. The molecule has 4 nitrogen and oxygen atoms in total. The van der Waals surface area contributed by atoms with Gasteiger partial charge in [0.2, 0.25) is 6.41 Å². The molecule has 0 unspecified atom stereocenters. The first kappa shape index (κ1) is 22.3. The van der Waals surface area contributed by atoms with Gasteiger partial charge in [-0.15, -0.1) is 0 Å². The summed E-state index contributed by atoms with van der Waals surface area (Å²) in [6.45, 7) is 12.8. The molecule has 0 saturated carbocycles. The molecule has 1 aliphatic rings. The van der Waals surface area contributed by atoms with E-state index >= 15 is 0 Å². The summed E-state index contributed by atoms with van der Waals surface area (Å²) in [4.78, 5) is 8.58. The fraction of sp³-hybridized carbons (Fsp3) is 0.296. The highest BCUT2D eigenvalue weighted by Crippen LogP contribution is 2.38. The smallest absolute Gasteiger partial charge is 0.399 e. The number of aryl methyl sites for hydroxylation is 2. The van der Waals surface area contributed by atoms with Gasteiger partial charge in [0, 0.05) is 0 Å². The normalized spacial score (nSPS) is 16.9. The molecule has 164 valence electrons. The van der Waals surface area contributed by atoms with E-state index in [4.69, 9.17) is 14.1 Å². The lowest BCUT2D eigenvalue weighted by molar-refractivity contribution is -0.106. The van der Waals surface area contributed by atoms with Gasteiger partial charge in [-0.05, 0) is 115 Å². The predicted molar refractivity (Wildman–Crippen MR) is 134 cm³/mol. The number of fused-ring (bicyclic) bond motifs is 3. The molecule has 32 heavy (non-hydrogen) atoms. The van der Waals surface area contributed by atoms with Crippen LogP contribution in [-0.2, 0) is 14.1 Å². The zero-order valence-electron chi connectivity index (χ0n) is 19.7. The molecule has 2 N–H and O–H groups in total. The van der Waals surface area contributed by atoms with E-state index in [1.165, 1.54) is 43.4 Å². The maximum atomic E-state index is 8.58. The Morgan fingerprint density at radius 3 is 1.75 bits per heavy atom. The maximum Gasteiger partial charge on any atom is 0.495 e. The summed E-state index contributed by atoms with van der Waals surface area (Å²) >= 11 is 0. The van der Waals surface area contributed by atoms with Crippen molar-refractivity contribution in [3.05, 3.63) is 65.7 Å². The van der Waals surface area contributed by atoms with Crippen LogP contribution in [0.2, 0.25) is 0 Å². The number of nitrogens with two attached hydrogens (primary N) is 1. The van der Waals surface area contributed by atoms with Crippen LogP contribution in [0.1, 0.15) is 38.8 Å². The molecule has 4 aromatic rings. The Morgan fingerprint density at radius 2 is 1.25 bits per heavy atom. The second kappa shape index (κ2) is 7.91. The summed E-state index contributed by atoms with van der Waals surface area (Å²) < 4.78 is 12.8. The number of amides is 1. The fourth-order valence-corrected chi connectivity index (χ4v) is 4.34. The van der Waals surface area contributed by atoms with Gasteiger partial charge in [0.25, 0.3) is 0 Å². The van der Waals surface area contributed by atoms with E-state index in [1.54, 1.807) is 0 Å². The van der Waals surface area contributed by atoms with Crippen LogP contribution >= 0.6 is 0 Å². The predicted octanol–water partition coefficient (Wildman–Crippen LogP) is 5.16. The minimum Gasteiger partial charge on any atom is -0.399 e. The Hall–Kier alpha value is -2.89. The van der Waals surface area contributed by atoms with Crippen molar-refractivity contribution in [3.63, 3.8) is 0 Å². The monoisotopic (exact) mass is 427 g/mol. The summed E-state index contributed by atoms with van der Waals surface area (Å²) in [6, 6.07) is 20.0. The maximum absolute atomic E-state index is 8.58. The largest absolute Gasteiger partial charge is 0.495 e. The molecule has 1 saturated heterocycles. The van der Waals surface area contributed by atoms with Crippen LogP contribution in [0.15, 0.2) is 54.6 Å². The molecule has 5 rings (SSSR count). The fourth-order valence-electron chi connectivity index (χ4n) is 4.34. The summed E-state index contributed by atoms with van der Waals surface area (Å²) in [5.41, 5.74) is 7.17. The minimum absolute atomic E-state index is 0.250. The van der Waals surface area contributed by atoms with Gasteiger partial charge in [-0.1, -0.05) is 30.3 Å². The molecule has 0 radical (unpaired) electrons. The Kier molecular flexibility index (Phi) is 5.52. The highest BCUT2D eigenvalue weighted by Gasteiger charge is 2.52. The van der Waals surface area contributed by atoms with Gasteiger partial charge >= 0.3 is 7.12 Å².